The molecule has 0 aliphatic carbocycles. The molecule has 1 heterocycles. The average Bonchev–Trinajstić information content (AvgIpc) is 2.47. The quantitative estimate of drug-likeness (QED) is 0.879. The number of ether oxygens (including phenoxy) is 2. The molecule has 0 spiro atoms. The van der Waals surface area contributed by atoms with Crippen molar-refractivity contribution in [3.05, 3.63) is 29.8 Å². The standard InChI is InChI=1S/C15H19NO5/c1-11-3-2-4-12(9-11)21-7-5-14(17)16-6-8-20-10-13(16)15(18)19/h2-4,9,13H,5-8,10H2,1H3,(H,18,19)/t13-/m0/s1. The van der Waals surface area contributed by atoms with Crippen molar-refractivity contribution in [3.8, 4) is 5.75 Å². The Morgan fingerprint density at radius 2 is 2.29 bits per heavy atom. The lowest BCUT2D eigenvalue weighted by molar-refractivity contribution is -0.158. The van der Waals surface area contributed by atoms with Crippen LogP contribution in [-0.2, 0) is 14.3 Å². The van der Waals surface area contributed by atoms with Gasteiger partial charge in [0.2, 0.25) is 5.91 Å². The number of hydrogen-bond donors (Lipinski definition) is 1. The summed E-state index contributed by atoms with van der Waals surface area (Å²) in [4.78, 5) is 24.5. The van der Waals surface area contributed by atoms with Crippen LogP contribution >= 0.6 is 0 Å². The van der Waals surface area contributed by atoms with Crippen molar-refractivity contribution < 1.29 is 24.2 Å². The van der Waals surface area contributed by atoms with Gasteiger partial charge < -0.3 is 19.5 Å². The minimum Gasteiger partial charge on any atom is -0.493 e. The largest absolute Gasteiger partial charge is 0.493 e. The summed E-state index contributed by atoms with van der Waals surface area (Å²) >= 11 is 0. The molecular weight excluding hydrogens is 274 g/mol. The van der Waals surface area contributed by atoms with Crippen LogP contribution in [0.15, 0.2) is 24.3 Å². The van der Waals surface area contributed by atoms with Crippen molar-refractivity contribution in [2.75, 3.05) is 26.4 Å². The van der Waals surface area contributed by atoms with Crippen LogP contribution in [0.1, 0.15) is 12.0 Å². The lowest BCUT2D eigenvalue weighted by atomic mass is 10.2. The van der Waals surface area contributed by atoms with E-state index < -0.39 is 12.0 Å². The zero-order valence-corrected chi connectivity index (χ0v) is 11.9. The molecule has 21 heavy (non-hydrogen) atoms. The van der Waals surface area contributed by atoms with Crippen molar-refractivity contribution in [1.82, 2.24) is 4.90 Å². The Bertz CT molecular complexity index is 517. The van der Waals surface area contributed by atoms with E-state index in [9.17, 15) is 9.59 Å². The number of carboxylic acid groups (broad SMARTS) is 1. The van der Waals surface area contributed by atoms with E-state index in [1.165, 1.54) is 4.90 Å². The van der Waals surface area contributed by atoms with Gasteiger partial charge in [0.1, 0.15) is 5.75 Å². The zero-order valence-electron chi connectivity index (χ0n) is 11.9. The smallest absolute Gasteiger partial charge is 0.328 e. The third kappa shape index (κ3) is 4.19. The van der Waals surface area contributed by atoms with Crippen LogP contribution in [0.3, 0.4) is 0 Å². The number of carbonyl (C=O) groups excluding carboxylic acids is 1. The van der Waals surface area contributed by atoms with Crippen LogP contribution in [0.5, 0.6) is 5.75 Å². The van der Waals surface area contributed by atoms with E-state index >= 15 is 0 Å². The van der Waals surface area contributed by atoms with Crippen LogP contribution in [0.25, 0.3) is 0 Å². The van der Waals surface area contributed by atoms with Crippen LogP contribution in [0.2, 0.25) is 0 Å². The SMILES string of the molecule is Cc1cccc(OCCC(=O)N2CCOC[C@H]2C(=O)O)c1. The van der Waals surface area contributed by atoms with Gasteiger partial charge in [-0.2, -0.15) is 0 Å². The molecule has 1 aromatic carbocycles. The minimum absolute atomic E-state index is 0.0415. The van der Waals surface area contributed by atoms with Gasteiger partial charge in [0.25, 0.3) is 0 Å². The molecule has 0 bridgehead atoms. The summed E-state index contributed by atoms with van der Waals surface area (Å²) in [6.07, 6.45) is 0.151. The molecule has 0 aromatic heterocycles. The highest BCUT2D eigenvalue weighted by atomic mass is 16.5. The van der Waals surface area contributed by atoms with E-state index in [0.717, 1.165) is 5.56 Å². The maximum absolute atomic E-state index is 12.1. The highest BCUT2D eigenvalue weighted by Crippen LogP contribution is 2.13. The normalized spacial score (nSPS) is 18.3. The first kappa shape index (κ1) is 15.3. The molecule has 114 valence electrons. The van der Waals surface area contributed by atoms with Crippen molar-refractivity contribution in [2.24, 2.45) is 0 Å². The van der Waals surface area contributed by atoms with Crippen molar-refractivity contribution in [3.63, 3.8) is 0 Å². The molecule has 1 aliphatic rings. The molecule has 0 unspecified atom stereocenters. The molecule has 0 radical (unpaired) electrons. The van der Waals surface area contributed by atoms with Gasteiger partial charge in [-0.1, -0.05) is 12.1 Å². The van der Waals surface area contributed by atoms with Gasteiger partial charge in [0.15, 0.2) is 6.04 Å². The number of morpholine rings is 1. The maximum atomic E-state index is 12.1. The molecule has 1 saturated heterocycles. The molecule has 1 aromatic rings. The Labute approximate surface area is 123 Å². The van der Waals surface area contributed by atoms with E-state index in [1.807, 2.05) is 31.2 Å². The highest BCUT2D eigenvalue weighted by molar-refractivity contribution is 5.84. The Hall–Kier alpha value is -2.08. The monoisotopic (exact) mass is 293 g/mol. The van der Waals surface area contributed by atoms with Crippen LogP contribution in [-0.4, -0.2) is 54.3 Å². The predicted octanol–water partition coefficient (Wildman–Crippen LogP) is 1.08. The molecule has 6 nitrogen and oxygen atoms in total. The Morgan fingerprint density at radius 1 is 1.48 bits per heavy atom. The molecule has 1 N–H and O–H groups in total. The number of rotatable bonds is 5. The number of carbonyl (C=O) groups is 2. The van der Waals surface area contributed by atoms with Crippen LogP contribution in [0, 0.1) is 6.92 Å². The van der Waals surface area contributed by atoms with E-state index in [2.05, 4.69) is 0 Å². The second-order valence-electron chi connectivity index (χ2n) is 4.93. The Kier molecular flexibility index (Phi) is 5.16. The summed E-state index contributed by atoms with van der Waals surface area (Å²) in [7, 11) is 0. The van der Waals surface area contributed by atoms with Gasteiger partial charge in [-0.05, 0) is 24.6 Å². The Balaban J connectivity index is 1.84. The van der Waals surface area contributed by atoms with E-state index in [-0.39, 0.29) is 25.5 Å². The first-order valence-corrected chi connectivity index (χ1v) is 6.87. The minimum atomic E-state index is -1.04. The maximum Gasteiger partial charge on any atom is 0.328 e. The molecular formula is C15H19NO5. The topological polar surface area (TPSA) is 76.1 Å². The number of carboxylic acids is 1. The van der Waals surface area contributed by atoms with Crippen molar-refractivity contribution in [2.45, 2.75) is 19.4 Å². The second kappa shape index (κ2) is 7.08. The fraction of sp³-hybridized carbons (Fsp3) is 0.467. The second-order valence-corrected chi connectivity index (χ2v) is 4.93. The predicted molar refractivity (Wildman–Crippen MR) is 75.2 cm³/mol. The third-order valence-corrected chi connectivity index (χ3v) is 3.31. The summed E-state index contributed by atoms with van der Waals surface area (Å²) in [5.74, 6) is -0.555. The number of nitrogens with zero attached hydrogens (tertiary/aromatic N) is 1. The molecule has 1 atom stereocenters. The van der Waals surface area contributed by atoms with Crippen LogP contribution in [0.4, 0.5) is 0 Å². The van der Waals surface area contributed by atoms with Gasteiger partial charge in [-0.15, -0.1) is 0 Å². The fourth-order valence-corrected chi connectivity index (χ4v) is 2.21. The average molecular weight is 293 g/mol. The highest BCUT2D eigenvalue weighted by Gasteiger charge is 2.32. The molecule has 1 aliphatic heterocycles. The van der Waals surface area contributed by atoms with Gasteiger partial charge in [0, 0.05) is 6.54 Å². The summed E-state index contributed by atoms with van der Waals surface area (Å²) in [5, 5.41) is 9.09. The van der Waals surface area contributed by atoms with Crippen molar-refractivity contribution >= 4 is 11.9 Å². The van der Waals surface area contributed by atoms with E-state index in [1.54, 1.807) is 0 Å². The van der Waals surface area contributed by atoms with Crippen LogP contribution < -0.4 is 4.74 Å². The molecule has 0 saturated carbocycles. The summed E-state index contributed by atoms with van der Waals surface area (Å²) in [6.45, 7) is 2.91. The van der Waals surface area contributed by atoms with Gasteiger partial charge in [0.05, 0.1) is 26.2 Å². The van der Waals surface area contributed by atoms with Gasteiger partial charge in [-0.25, -0.2) is 4.79 Å². The third-order valence-electron chi connectivity index (χ3n) is 3.31. The fourth-order valence-electron chi connectivity index (χ4n) is 2.21. The Morgan fingerprint density at radius 3 is 3.00 bits per heavy atom. The molecule has 2 rings (SSSR count). The molecule has 1 amide bonds. The lowest BCUT2D eigenvalue weighted by Crippen LogP contribution is -2.52. The number of amides is 1. The summed E-state index contributed by atoms with van der Waals surface area (Å²) in [6, 6.07) is 6.66. The van der Waals surface area contributed by atoms with E-state index in [0.29, 0.717) is 18.9 Å². The summed E-state index contributed by atoms with van der Waals surface area (Å²) in [5.41, 5.74) is 1.08. The van der Waals surface area contributed by atoms with Crippen molar-refractivity contribution in [1.29, 1.82) is 0 Å². The molecule has 6 heteroatoms. The van der Waals surface area contributed by atoms with E-state index in [4.69, 9.17) is 14.6 Å². The lowest BCUT2D eigenvalue weighted by Gasteiger charge is -2.32. The molecule has 1 fully saturated rings. The number of aryl methyl sites for hydroxylation is 1. The van der Waals surface area contributed by atoms with Gasteiger partial charge in [-0.3, -0.25) is 4.79 Å². The number of hydrogen-bond acceptors (Lipinski definition) is 4. The number of benzene rings is 1. The van der Waals surface area contributed by atoms with Gasteiger partial charge >= 0.3 is 5.97 Å². The number of aliphatic carboxylic acids is 1. The summed E-state index contributed by atoms with van der Waals surface area (Å²) < 4.78 is 10.6. The first-order chi connectivity index (χ1) is 10.1. The first-order valence-electron chi connectivity index (χ1n) is 6.87. The zero-order chi connectivity index (χ0) is 15.2.